The summed E-state index contributed by atoms with van der Waals surface area (Å²) in [5.41, 5.74) is 6.23. The van der Waals surface area contributed by atoms with Gasteiger partial charge < -0.3 is 14.6 Å². The molecule has 1 heterocycles. The molecule has 43 heavy (non-hydrogen) atoms. The predicted molar refractivity (Wildman–Crippen MR) is 181 cm³/mol. The summed E-state index contributed by atoms with van der Waals surface area (Å²) in [6.45, 7) is 4.09. The van der Waals surface area contributed by atoms with E-state index in [1.165, 1.54) is 15.4 Å². The van der Waals surface area contributed by atoms with Crippen LogP contribution in [-0.4, -0.2) is 24.7 Å². The smallest absolute Gasteiger partial charge is 0.178 e. The van der Waals surface area contributed by atoms with Crippen LogP contribution in [0.15, 0.2) is 101 Å². The molecule has 1 aliphatic heterocycles. The number of benzene rings is 5. The number of methoxy groups -OCH3 is 1. The minimum Gasteiger partial charge on any atom is -0.497 e. The van der Waals surface area contributed by atoms with Crippen LogP contribution in [0.25, 0.3) is 28.0 Å². The summed E-state index contributed by atoms with van der Waals surface area (Å²) in [6, 6.07) is 29.7. The summed E-state index contributed by atoms with van der Waals surface area (Å²) in [5.74, 6) is 1.59. The zero-order valence-electron chi connectivity index (χ0n) is 25.0. The van der Waals surface area contributed by atoms with Crippen LogP contribution < -0.4 is 9.47 Å². The average Bonchev–Trinajstić information content (AvgIpc) is 3.30. The summed E-state index contributed by atoms with van der Waals surface area (Å²) >= 11 is 3.50. The van der Waals surface area contributed by atoms with Gasteiger partial charge in [-0.25, -0.2) is 0 Å². The number of aryl methyl sites for hydroxylation is 1. The molecule has 2 aliphatic rings. The lowest BCUT2D eigenvalue weighted by Crippen LogP contribution is -2.35. The Bertz CT molecular complexity index is 1860. The van der Waals surface area contributed by atoms with Crippen molar-refractivity contribution >= 4 is 40.4 Å². The second kappa shape index (κ2) is 10.5. The number of hydrogen-bond donors (Lipinski definition) is 1. The van der Waals surface area contributed by atoms with Gasteiger partial charge in [-0.05, 0) is 83.8 Å². The summed E-state index contributed by atoms with van der Waals surface area (Å²) < 4.78 is 12.9. The molecule has 7 rings (SSSR count). The van der Waals surface area contributed by atoms with Crippen molar-refractivity contribution in [1.29, 1.82) is 0 Å². The van der Waals surface area contributed by atoms with E-state index >= 15 is 0 Å². The van der Waals surface area contributed by atoms with Crippen LogP contribution in [0.1, 0.15) is 47.2 Å². The molecular weight excluding hydrogens is 569 g/mol. The molecule has 5 aromatic rings. The summed E-state index contributed by atoms with van der Waals surface area (Å²) in [6.07, 6.45) is 9.55. The van der Waals surface area contributed by atoms with E-state index in [0.717, 1.165) is 67.6 Å². The van der Waals surface area contributed by atoms with Gasteiger partial charge in [0.15, 0.2) is 5.60 Å². The van der Waals surface area contributed by atoms with Crippen molar-refractivity contribution in [2.45, 2.75) is 41.3 Å². The zero-order chi connectivity index (χ0) is 29.9. The third-order valence-corrected chi connectivity index (χ3v) is 10.8. The van der Waals surface area contributed by atoms with E-state index in [0.29, 0.717) is 0 Å². The van der Waals surface area contributed by atoms with Gasteiger partial charge in [-0.1, -0.05) is 73.7 Å². The maximum atomic E-state index is 12.2. The van der Waals surface area contributed by atoms with Crippen molar-refractivity contribution in [3.05, 3.63) is 124 Å². The third-order valence-electron chi connectivity index (χ3n) is 9.07. The molecule has 0 amide bonds. The largest absolute Gasteiger partial charge is 0.497 e. The lowest BCUT2D eigenvalue weighted by Gasteiger charge is -2.38. The van der Waals surface area contributed by atoms with Crippen LogP contribution >= 0.6 is 23.5 Å². The Morgan fingerprint density at radius 2 is 1.47 bits per heavy atom. The van der Waals surface area contributed by atoms with Gasteiger partial charge in [-0.3, -0.25) is 0 Å². The fourth-order valence-electron chi connectivity index (χ4n) is 6.82. The molecule has 2 unspecified atom stereocenters. The Morgan fingerprint density at radius 3 is 2.09 bits per heavy atom. The number of hydrogen-bond acceptors (Lipinski definition) is 5. The third kappa shape index (κ3) is 4.16. The quantitative estimate of drug-likeness (QED) is 0.196. The molecule has 0 radical (unpaired) electrons. The maximum Gasteiger partial charge on any atom is 0.178 e. The van der Waals surface area contributed by atoms with Crippen molar-refractivity contribution in [3.63, 3.8) is 0 Å². The topological polar surface area (TPSA) is 38.7 Å². The Labute approximate surface area is 262 Å². The fourth-order valence-corrected chi connectivity index (χ4v) is 8.31. The highest BCUT2D eigenvalue weighted by Crippen LogP contribution is 2.58. The molecule has 1 aliphatic carbocycles. The minimum absolute atomic E-state index is 0.794. The lowest BCUT2D eigenvalue weighted by atomic mass is 9.80. The first-order valence-electron chi connectivity index (χ1n) is 14.6. The Hall–Kier alpha value is -3.64. The highest BCUT2D eigenvalue weighted by molar-refractivity contribution is 8.01. The van der Waals surface area contributed by atoms with Gasteiger partial charge in [-0.15, -0.1) is 23.5 Å². The summed E-state index contributed by atoms with van der Waals surface area (Å²) in [4.78, 5) is 2.43. The molecule has 0 spiro atoms. The van der Waals surface area contributed by atoms with Crippen LogP contribution in [0.3, 0.4) is 0 Å². The molecule has 0 bridgehead atoms. The standard InChI is InChI=1S/C38H34O3S2/c1-6-23-11-13-24(14-12-23)38(25-15-17-26(40-3)18-16-25)20-19-28-35-34(27-9-7-8-10-31(27)37(35,2)39)29-21-32(42-4)33(43-5)22-30(29)36(28)41-38/h7-22,39H,6H2,1-5H3. The van der Waals surface area contributed by atoms with Crippen LogP contribution in [-0.2, 0) is 17.6 Å². The number of rotatable bonds is 6. The first-order chi connectivity index (χ1) is 20.9. The molecular formula is C38H34O3S2. The van der Waals surface area contributed by atoms with Crippen LogP contribution in [0.4, 0.5) is 0 Å². The highest BCUT2D eigenvalue weighted by atomic mass is 32.2. The molecule has 2 atom stereocenters. The van der Waals surface area contributed by atoms with E-state index in [1.807, 2.05) is 31.2 Å². The van der Waals surface area contributed by atoms with E-state index in [4.69, 9.17) is 9.47 Å². The second-order valence-corrected chi connectivity index (χ2v) is 13.0. The van der Waals surface area contributed by atoms with Crippen LogP contribution in [0, 0.1) is 0 Å². The van der Waals surface area contributed by atoms with Crippen molar-refractivity contribution < 1.29 is 14.6 Å². The molecule has 1 N–H and O–H groups in total. The first-order valence-corrected chi connectivity index (χ1v) is 17.0. The maximum absolute atomic E-state index is 12.2. The van der Waals surface area contributed by atoms with E-state index in [1.54, 1.807) is 30.6 Å². The monoisotopic (exact) mass is 602 g/mol. The Balaban J connectivity index is 1.57. The molecule has 0 fully saturated rings. The summed E-state index contributed by atoms with van der Waals surface area (Å²) in [5, 5.41) is 14.4. The van der Waals surface area contributed by atoms with E-state index in [9.17, 15) is 5.11 Å². The van der Waals surface area contributed by atoms with Gasteiger partial charge in [0.05, 0.1) is 7.11 Å². The minimum atomic E-state index is -1.17. The van der Waals surface area contributed by atoms with Gasteiger partial charge in [0.25, 0.3) is 0 Å². The van der Waals surface area contributed by atoms with Gasteiger partial charge in [0.2, 0.25) is 0 Å². The van der Waals surface area contributed by atoms with E-state index < -0.39 is 11.2 Å². The molecule has 3 nitrogen and oxygen atoms in total. The van der Waals surface area contributed by atoms with Crippen molar-refractivity contribution in [2.24, 2.45) is 0 Å². The van der Waals surface area contributed by atoms with Crippen LogP contribution in [0.2, 0.25) is 0 Å². The number of fused-ring (bicyclic) bond motifs is 8. The summed E-state index contributed by atoms with van der Waals surface area (Å²) in [7, 11) is 1.68. The lowest BCUT2D eigenvalue weighted by molar-refractivity contribution is 0.105. The van der Waals surface area contributed by atoms with E-state index in [2.05, 4.69) is 92.3 Å². The van der Waals surface area contributed by atoms with Gasteiger partial charge >= 0.3 is 0 Å². The molecule has 0 saturated carbocycles. The van der Waals surface area contributed by atoms with Crippen molar-refractivity contribution in [3.8, 4) is 22.6 Å². The van der Waals surface area contributed by atoms with Crippen LogP contribution in [0.5, 0.6) is 11.5 Å². The molecule has 5 heteroatoms. The predicted octanol–water partition coefficient (Wildman–Crippen LogP) is 9.44. The second-order valence-electron chi connectivity index (χ2n) is 11.3. The molecule has 0 saturated heterocycles. The first kappa shape index (κ1) is 28.1. The highest BCUT2D eigenvalue weighted by Gasteiger charge is 2.45. The number of ether oxygens (including phenoxy) is 2. The van der Waals surface area contributed by atoms with Gasteiger partial charge in [0, 0.05) is 37.4 Å². The molecule has 216 valence electrons. The fraction of sp³-hybridized carbons (Fsp3) is 0.211. The van der Waals surface area contributed by atoms with E-state index in [-0.39, 0.29) is 0 Å². The van der Waals surface area contributed by atoms with Gasteiger partial charge in [-0.2, -0.15) is 0 Å². The van der Waals surface area contributed by atoms with Gasteiger partial charge in [0.1, 0.15) is 17.1 Å². The van der Waals surface area contributed by atoms with Crippen molar-refractivity contribution in [1.82, 2.24) is 0 Å². The average molecular weight is 603 g/mol. The zero-order valence-corrected chi connectivity index (χ0v) is 26.7. The van der Waals surface area contributed by atoms with Crippen molar-refractivity contribution in [2.75, 3.05) is 19.6 Å². The Kier molecular flexibility index (Phi) is 6.88. The Morgan fingerprint density at radius 1 is 0.837 bits per heavy atom. The normalized spacial score (nSPS) is 20.0. The number of aliphatic hydroxyl groups is 1. The molecule has 5 aromatic carbocycles. The SMILES string of the molecule is CCc1ccc(C2(c3ccc(OC)cc3)C=Cc3c4c(c5cc(SC)c(SC)cc5c3O2)-c2ccccc2C4(C)O)cc1. The molecule has 0 aromatic heterocycles. The number of thioether (sulfide) groups is 2.